The van der Waals surface area contributed by atoms with E-state index in [1.54, 1.807) is 18.0 Å². The van der Waals surface area contributed by atoms with Crippen LogP contribution >= 0.6 is 0 Å². The summed E-state index contributed by atoms with van der Waals surface area (Å²) in [5.74, 6) is 0.704. The highest BCUT2D eigenvalue weighted by atomic mass is 16.5. The van der Waals surface area contributed by atoms with Crippen molar-refractivity contribution in [2.45, 2.75) is 26.1 Å². The number of nitrogens with zero attached hydrogens (tertiary/aromatic N) is 3. The number of ether oxygens (including phenoxy) is 1. The second-order valence-electron chi connectivity index (χ2n) is 5.05. The van der Waals surface area contributed by atoms with Crippen LogP contribution in [0.5, 0.6) is 0 Å². The lowest BCUT2D eigenvalue weighted by atomic mass is 10.1. The zero-order valence-electron chi connectivity index (χ0n) is 13.0. The van der Waals surface area contributed by atoms with Gasteiger partial charge in [0.15, 0.2) is 5.82 Å². The summed E-state index contributed by atoms with van der Waals surface area (Å²) < 4.78 is 6.93. The summed E-state index contributed by atoms with van der Waals surface area (Å²) in [5.41, 5.74) is 2.09. The first-order chi connectivity index (χ1) is 10.6. The van der Waals surface area contributed by atoms with Crippen molar-refractivity contribution in [2.24, 2.45) is 7.05 Å². The van der Waals surface area contributed by atoms with Gasteiger partial charge in [0.05, 0.1) is 12.6 Å². The van der Waals surface area contributed by atoms with Gasteiger partial charge in [-0.15, -0.1) is 10.2 Å². The van der Waals surface area contributed by atoms with Crippen LogP contribution in [-0.2, 0) is 24.9 Å². The first-order valence-electron chi connectivity index (χ1n) is 7.05. The summed E-state index contributed by atoms with van der Waals surface area (Å²) in [6.45, 7) is 2.83. The number of hydrogen-bond donors (Lipinski definition) is 2. The van der Waals surface area contributed by atoms with Crippen molar-refractivity contribution in [1.82, 2.24) is 25.4 Å². The van der Waals surface area contributed by atoms with Crippen molar-refractivity contribution in [2.75, 3.05) is 7.11 Å². The van der Waals surface area contributed by atoms with Crippen LogP contribution in [0.4, 0.5) is 4.79 Å². The summed E-state index contributed by atoms with van der Waals surface area (Å²) in [4.78, 5) is 12.0. The van der Waals surface area contributed by atoms with E-state index >= 15 is 0 Å². The Morgan fingerprint density at radius 3 is 2.73 bits per heavy atom. The molecule has 0 aliphatic heterocycles. The van der Waals surface area contributed by atoms with Crippen LogP contribution in [-0.4, -0.2) is 27.9 Å². The lowest BCUT2D eigenvalue weighted by Crippen LogP contribution is -2.37. The van der Waals surface area contributed by atoms with Crippen molar-refractivity contribution < 1.29 is 9.53 Å². The SMILES string of the molecule is COCc1ccccc1CNC(=O)NC(C)c1nncn1C. The number of methoxy groups -OCH3 is 1. The maximum atomic E-state index is 12.0. The van der Waals surface area contributed by atoms with E-state index < -0.39 is 0 Å². The Labute approximate surface area is 129 Å². The zero-order chi connectivity index (χ0) is 15.9. The van der Waals surface area contributed by atoms with Gasteiger partial charge in [-0.25, -0.2) is 4.79 Å². The monoisotopic (exact) mass is 303 g/mol. The molecular weight excluding hydrogens is 282 g/mol. The van der Waals surface area contributed by atoms with Gasteiger partial charge in [-0.1, -0.05) is 24.3 Å². The largest absolute Gasteiger partial charge is 0.380 e. The highest BCUT2D eigenvalue weighted by Gasteiger charge is 2.14. The molecule has 7 nitrogen and oxygen atoms in total. The number of benzene rings is 1. The second kappa shape index (κ2) is 7.56. The van der Waals surface area contributed by atoms with Crippen molar-refractivity contribution in [3.63, 3.8) is 0 Å². The number of aromatic nitrogens is 3. The van der Waals surface area contributed by atoms with E-state index in [-0.39, 0.29) is 12.1 Å². The van der Waals surface area contributed by atoms with Crippen LogP contribution in [0.1, 0.15) is 29.9 Å². The first-order valence-corrected chi connectivity index (χ1v) is 7.05. The standard InChI is InChI=1S/C15H21N5O2/c1-11(14-19-17-10-20(14)2)18-15(21)16-8-12-6-4-5-7-13(12)9-22-3/h4-7,10-11H,8-9H2,1-3H3,(H2,16,18,21). The first kappa shape index (κ1) is 16.0. The molecule has 1 unspecified atom stereocenters. The van der Waals surface area contributed by atoms with Crippen molar-refractivity contribution in [3.05, 3.63) is 47.5 Å². The molecule has 1 heterocycles. The number of amides is 2. The number of carbonyl (C=O) groups is 1. The van der Waals surface area contributed by atoms with E-state index in [2.05, 4.69) is 20.8 Å². The zero-order valence-corrected chi connectivity index (χ0v) is 13.0. The van der Waals surface area contributed by atoms with Crippen LogP contribution in [0.25, 0.3) is 0 Å². The second-order valence-corrected chi connectivity index (χ2v) is 5.05. The molecular formula is C15H21N5O2. The molecule has 1 aromatic heterocycles. The van der Waals surface area contributed by atoms with E-state index in [0.717, 1.165) is 11.1 Å². The van der Waals surface area contributed by atoms with Crippen molar-refractivity contribution >= 4 is 6.03 Å². The highest BCUT2D eigenvalue weighted by Crippen LogP contribution is 2.10. The molecule has 0 spiro atoms. The van der Waals surface area contributed by atoms with Gasteiger partial charge < -0.3 is 19.9 Å². The fourth-order valence-corrected chi connectivity index (χ4v) is 2.20. The van der Waals surface area contributed by atoms with E-state index in [9.17, 15) is 4.79 Å². The minimum atomic E-state index is -0.247. The van der Waals surface area contributed by atoms with E-state index in [1.807, 2.05) is 38.2 Å². The van der Waals surface area contributed by atoms with Gasteiger partial charge in [-0.2, -0.15) is 0 Å². The minimum Gasteiger partial charge on any atom is -0.380 e. The molecule has 0 aliphatic rings. The third-order valence-corrected chi connectivity index (χ3v) is 3.34. The van der Waals surface area contributed by atoms with Crippen molar-refractivity contribution in [1.29, 1.82) is 0 Å². The average Bonchev–Trinajstić information content (AvgIpc) is 2.93. The molecule has 2 aromatic rings. The van der Waals surface area contributed by atoms with E-state index in [1.165, 1.54) is 0 Å². The highest BCUT2D eigenvalue weighted by molar-refractivity contribution is 5.74. The van der Waals surface area contributed by atoms with Crippen LogP contribution in [0.3, 0.4) is 0 Å². The quantitative estimate of drug-likeness (QED) is 0.848. The average molecular weight is 303 g/mol. The topological polar surface area (TPSA) is 81.1 Å². The fraction of sp³-hybridized carbons (Fsp3) is 0.400. The summed E-state index contributed by atoms with van der Waals surface area (Å²) in [6.07, 6.45) is 1.60. The molecule has 1 aromatic carbocycles. The molecule has 22 heavy (non-hydrogen) atoms. The lowest BCUT2D eigenvalue weighted by Gasteiger charge is -2.15. The predicted octanol–water partition coefficient (Wildman–Crippen LogP) is 1.52. The maximum Gasteiger partial charge on any atom is 0.315 e. The van der Waals surface area contributed by atoms with Crippen molar-refractivity contribution in [3.8, 4) is 0 Å². The van der Waals surface area contributed by atoms with Gasteiger partial charge >= 0.3 is 6.03 Å². The van der Waals surface area contributed by atoms with Crippen LogP contribution in [0.2, 0.25) is 0 Å². The lowest BCUT2D eigenvalue weighted by molar-refractivity contribution is 0.184. The Balaban J connectivity index is 1.89. The fourth-order valence-electron chi connectivity index (χ4n) is 2.20. The van der Waals surface area contributed by atoms with Crippen LogP contribution in [0, 0.1) is 0 Å². The normalized spacial score (nSPS) is 12.0. The van der Waals surface area contributed by atoms with Gasteiger partial charge in [0, 0.05) is 20.7 Å². The molecule has 0 fully saturated rings. The van der Waals surface area contributed by atoms with Gasteiger partial charge in [0.2, 0.25) is 0 Å². The van der Waals surface area contributed by atoms with Crippen LogP contribution in [0.15, 0.2) is 30.6 Å². The van der Waals surface area contributed by atoms with E-state index in [4.69, 9.17) is 4.74 Å². The number of carbonyl (C=O) groups excluding carboxylic acids is 1. The molecule has 0 aliphatic carbocycles. The Hall–Kier alpha value is -2.41. The third-order valence-electron chi connectivity index (χ3n) is 3.34. The minimum absolute atomic E-state index is 0.221. The molecule has 0 saturated carbocycles. The Morgan fingerprint density at radius 1 is 1.36 bits per heavy atom. The number of nitrogens with one attached hydrogen (secondary N) is 2. The Bertz CT molecular complexity index is 626. The number of hydrogen-bond acceptors (Lipinski definition) is 4. The van der Waals surface area contributed by atoms with E-state index in [0.29, 0.717) is 19.0 Å². The third kappa shape index (κ3) is 4.05. The molecule has 0 bridgehead atoms. The van der Waals surface area contributed by atoms with Gasteiger partial charge in [0.25, 0.3) is 0 Å². The summed E-state index contributed by atoms with van der Waals surface area (Å²) in [5, 5.41) is 13.5. The van der Waals surface area contributed by atoms with Gasteiger partial charge in [-0.05, 0) is 18.1 Å². The molecule has 118 valence electrons. The molecule has 2 N–H and O–H groups in total. The molecule has 0 radical (unpaired) electrons. The molecule has 7 heteroatoms. The molecule has 2 rings (SSSR count). The van der Waals surface area contributed by atoms with Gasteiger partial charge in [0.1, 0.15) is 6.33 Å². The summed E-state index contributed by atoms with van der Waals surface area (Å²) >= 11 is 0. The maximum absolute atomic E-state index is 12.0. The number of aryl methyl sites for hydroxylation is 1. The smallest absolute Gasteiger partial charge is 0.315 e. The van der Waals surface area contributed by atoms with Crippen LogP contribution < -0.4 is 10.6 Å². The Morgan fingerprint density at radius 2 is 2.09 bits per heavy atom. The number of rotatable bonds is 6. The number of urea groups is 1. The summed E-state index contributed by atoms with van der Waals surface area (Å²) in [7, 11) is 3.49. The summed E-state index contributed by atoms with van der Waals surface area (Å²) in [6, 6.07) is 7.38. The van der Waals surface area contributed by atoms with Gasteiger partial charge in [-0.3, -0.25) is 0 Å². The molecule has 1 atom stereocenters. The molecule has 2 amide bonds. The molecule has 0 saturated heterocycles. The predicted molar refractivity (Wildman–Crippen MR) is 81.9 cm³/mol. The Kier molecular flexibility index (Phi) is 5.48.